The lowest BCUT2D eigenvalue weighted by Gasteiger charge is -2.20. The molecule has 0 aliphatic heterocycles. The quantitative estimate of drug-likeness (QED) is 0.742. The summed E-state index contributed by atoms with van der Waals surface area (Å²) < 4.78 is 5.03. The van der Waals surface area contributed by atoms with Crippen molar-refractivity contribution in [2.45, 2.75) is 27.2 Å². The van der Waals surface area contributed by atoms with Crippen molar-refractivity contribution in [2.24, 2.45) is 5.41 Å². The zero-order valence-corrected chi connectivity index (χ0v) is 11.8. The molecule has 0 N–H and O–H groups in total. The second kappa shape index (κ2) is 6.60. The first-order chi connectivity index (χ1) is 8.47. The van der Waals surface area contributed by atoms with Crippen LogP contribution in [0.5, 0.6) is 0 Å². The lowest BCUT2D eigenvalue weighted by atomic mass is 9.89. The number of hydrogen-bond donors (Lipinski definition) is 0. The second-order valence-corrected chi connectivity index (χ2v) is 5.14. The Balaban J connectivity index is 2.65. The summed E-state index contributed by atoms with van der Waals surface area (Å²) in [4.78, 5) is 11.7. The molecule has 0 spiro atoms. The lowest BCUT2D eigenvalue weighted by molar-refractivity contribution is -0.153. The van der Waals surface area contributed by atoms with E-state index in [9.17, 15) is 4.79 Å². The Kier molecular flexibility index (Phi) is 5.42. The summed E-state index contributed by atoms with van der Waals surface area (Å²) in [6.07, 6.45) is 4.51. The van der Waals surface area contributed by atoms with E-state index >= 15 is 0 Å². The van der Waals surface area contributed by atoms with Gasteiger partial charge in [-0.2, -0.15) is 0 Å². The van der Waals surface area contributed by atoms with Crippen LogP contribution in [-0.2, 0) is 9.53 Å². The summed E-state index contributed by atoms with van der Waals surface area (Å²) in [5.74, 6) is -0.172. The fraction of sp³-hybridized carbons (Fsp3) is 0.400. The van der Waals surface area contributed by atoms with Crippen molar-refractivity contribution in [3.8, 4) is 0 Å². The van der Waals surface area contributed by atoms with Gasteiger partial charge in [0.2, 0.25) is 0 Å². The lowest BCUT2D eigenvalue weighted by Crippen LogP contribution is -2.25. The number of carbonyl (C=O) groups excluding carboxylic acids is 1. The Morgan fingerprint density at radius 2 is 2.06 bits per heavy atom. The van der Waals surface area contributed by atoms with Gasteiger partial charge in [-0.25, -0.2) is 0 Å². The molecule has 1 aromatic carbocycles. The molecule has 0 bridgehead atoms. The van der Waals surface area contributed by atoms with E-state index in [1.807, 2.05) is 57.2 Å². The molecule has 0 heterocycles. The zero-order valence-electron chi connectivity index (χ0n) is 11.1. The first kappa shape index (κ1) is 14.8. The fourth-order valence-corrected chi connectivity index (χ4v) is 1.70. The molecule has 3 heteroatoms. The second-order valence-electron chi connectivity index (χ2n) is 4.73. The van der Waals surface area contributed by atoms with Gasteiger partial charge in [-0.3, -0.25) is 4.79 Å². The Bertz CT molecular complexity index is 436. The van der Waals surface area contributed by atoms with E-state index in [4.69, 9.17) is 16.3 Å². The van der Waals surface area contributed by atoms with Gasteiger partial charge in [0.25, 0.3) is 0 Å². The van der Waals surface area contributed by atoms with Gasteiger partial charge in [-0.1, -0.05) is 42.0 Å². The number of ether oxygens (including phenoxy) is 1. The Hall–Kier alpha value is -1.28. The van der Waals surface area contributed by atoms with Crippen LogP contribution in [0.3, 0.4) is 0 Å². The van der Waals surface area contributed by atoms with Gasteiger partial charge in [0.15, 0.2) is 0 Å². The van der Waals surface area contributed by atoms with Crippen molar-refractivity contribution in [1.29, 1.82) is 0 Å². The maximum atomic E-state index is 11.7. The van der Waals surface area contributed by atoms with Gasteiger partial charge >= 0.3 is 5.97 Å². The highest BCUT2D eigenvalue weighted by Crippen LogP contribution is 2.24. The van der Waals surface area contributed by atoms with Gasteiger partial charge in [0.1, 0.15) is 0 Å². The molecule has 0 amide bonds. The molecule has 0 aromatic heterocycles. The van der Waals surface area contributed by atoms with Crippen molar-refractivity contribution in [3.63, 3.8) is 0 Å². The van der Waals surface area contributed by atoms with Crippen LogP contribution in [0.1, 0.15) is 32.8 Å². The molecular formula is C15H19ClO2. The minimum atomic E-state index is -0.506. The zero-order chi connectivity index (χ0) is 13.6. The number of hydrogen-bond acceptors (Lipinski definition) is 2. The van der Waals surface area contributed by atoms with Crippen LogP contribution in [-0.4, -0.2) is 12.6 Å². The maximum Gasteiger partial charge on any atom is 0.311 e. The Morgan fingerprint density at radius 3 is 2.67 bits per heavy atom. The van der Waals surface area contributed by atoms with Gasteiger partial charge < -0.3 is 4.74 Å². The van der Waals surface area contributed by atoms with Crippen LogP contribution < -0.4 is 0 Å². The van der Waals surface area contributed by atoms with E-state index in [0.717, 1.165) is 5.56 Å². The highest BCUT2D eigenvalue weighted by atomic mass is 35.5. The normalized spacial score (nSPS) is 11.8. The molecule has 0 fully saturated rings. The summed E-state index contributed by atoms with van der Waals surface area (Å²) in [6, 6.07) is 7.61. The van der Waals surface area contributed by atoms with Crippen molar-refractivity contribution in [1.82, 2.24) is 0 Å². The van der Waals surface area contributed by atoms with Crippen LogP contribution in [0, 0.1) is 5.41 Å². The van der Waals surface area contributed by atoms with E-state index in [1.54, 1.807) is 0 Å². The molecule has 98 valence electrons. The van der Waals surface area contributed by atoms with E-state index in [-0.39, 0.29) is 5.97 Å². The topological polar surface area (TPSA) is 26.3 Å². The third-order valence-electron chi connectivity index (χ3n) is 2.66. The molecule has 0 saturated carbocycles. The summed E-state index contributed by atoms with van der Waals surface area (Å²) in [7, 11) is 0. The predicted molar refractivity (Wildman–Crippen MR) is 75.5 cm³/mol. The number of esters is 1. The molecule has 0 aliphatic rings. The standard InChI is InChI=1S/C15H19ClO2/c1-4-18-14(17)15(2,3)11-7-9-12-8-5-6-10-13(12)16/h5-10H,4,11H2,1-3H3/b9-7+. The average molecular weight is 267 g/mol. The minimum absolute atomic E-state index is 0.172. The highest BCUT2D eigenvalue weighted by molar-refractivity contribution is 6.32. The number of halogens is 1. The monoisotopic (exact) mass is 266 g/mol. The van der Waals surface area contributed by atoms with Crippen LogP contribution in [0.25, 0.3) is 6.08 Å². The van der Waals surface area contributed by atoms with Crippen LogP contribution in [0.2, 0.25) is 5.02 Å². The smallest absolute Gasteiger partial charge is 0.311 e. The Morgan fingerprint density at radius 1 is 1.39 bits per heavy atom. The van der Waals surface area contributed by atoms with Crippen LogP contribution in [0.4, 0.5) is 0 Å². The third kappa shape index (κ3) is 4.19. The maximum absolute atomic E-state index is 11.7. The van der Waals surface area contributed by atoms with E-state index in [0.29, 0.717) is 18.1 Å². The number of rotatable bonds is 5. The summed E-state index contributed by atoms with van der Waals surface area (Å²) in [5.41, 5.74) is 0.451. The molecule has 0 atom stereocenters. The summed E-state index contributed by atoms with van der Waals surface area (Å²) in [6.45, 7) is 5.98. The first-order valence-corrected chi connectivity index (χ1v) is 6.43. The van der Waals surface area contributed by atoms with E-state index in [2.05, 4.69) is 0 Å². The van der Waals surface area contributed by atoms with Gasteiger partial charge in [0.05, 0.1) is 12.0 Å². The molecule has 1 rings (SSSR count). The molecule has 0 unspecified atom stereocenters. The molecule has 1 aromatic rings. The van der Waals surface area contributed by atoms with Crippen LogP contribution >= 0.6 is 11.6 Å². The van der Waals surface area contributed by atoms with Crippen molar-refractivity contribution < 1.29 is 9.53 Å². The number of benzene rings is 1. The molecule has 2 nitrogen and oxygen atoms in total. The van der Waals surface area contributed by atoms with Crippen molar-refractivity contribution in [3.05, 3.63) is 40.9 Å². The average Bonchev–Trinajstić information content (AvgIpc) is 2.32. The van der Waals surface area contributed by atoms with E-state index in [1.165, 1.54) is 0 Å². The minimum Gasteiger partial charge on any atom is -0.466 e. The van der Waals surface area contributed by atoms with Gasteiger partial charge in [0, 0.05) is 5.02 Å². The Labute approximate surface area is 114 Å². The first-order valence-electron chi connectivity index (χ1n) is 6.05. The molecule has 18 heavy (non-hydrogen) atoms. The predicted octanol–water partition coefficient (Wildman–Crippen LogP) is 4.33. The molecule has 0 aliphatic carbocycles. The van der Waals surface area contributed by atoms with Crippen LogP contribution in [0.15, 0.2) is 30.3 Å². The number of allylic oxidation sites excluding steroid dienone is 1. The SMILES string of the molecule is CCOC(=O)C(C)(C)C/C=C/c1ccccc1Cl. The largest absolute Gasteiger partial charge is 0.466 e. The highest BCUT2D eigenvalue weighted by Gasteiger charge is 2.27. The fourth-order valence-electron chi connectivity index (χ4n) is 1.50. The third-order valence-corrected chi connectivity index (χ3v) is 3.00. The molecular weight excluding hydrogens is 248 g/mol. The van der Waals surface area contributed by atoms with Gasteiger partial charge in [-0.15, -0.1) is 0 Å². The summed E-state index contributed by atoms with van der Waals surface area (Å²) >= 11 is 6.04. The van der Waals surface area contributed by atoms with E-state index < -0.39 is 5.41 Å². The summed E-state index contributed by atoms with van der Waals surface area (Å²) in [5, 5.41) is 0.711. The molecule has 0 saturated heterocycles. The van der Waals surface area contributed by atoms with Crippen molar-refractivity contribution >= 4 is 23.6 Å². The van der Waals surface area contributed by atoms with Gasteiger partial charge in [-0.05, 0) is 38.8 Å². The molecule has 0 radical (unpaired) electrons. The van der Waals surface area contributed by atoms with Crippen molar-refractivity contribution in [2.75, 3.05) is 6.61 Å². The number of carbonyl (C=O) groups is 1.